The van der Waals surface area contributed by atoms with Gasteiger partial charge in [-0.25, -0.2) is 4.79 Å². The number of hydrogen-bond donors (Lipinski definition) is 0. The van der Waals surface area contributed by atoms with E-state index in [1.807, 2.05) is 24.3 Å². The number of halogens is 1. The summed E-state index contributed by atoms with van der Waals surface area (Å²) >= 11 is 3.04. The second-order valence-electron chi connectivity index (χ2n) is 7.73. The van der Waals surface area contributed by atoms with Crippen LogP contribution in [0.5, 0.6) is 11.5 Å². The number of nitro benzene ring substituents is 1. The number of carbonyl (C=O) groups excluding carboxylic acids is 3. The minimum absolute atomic E-state index is 0.0162. The van der Waals surface area contributed by atoms with Crippen molar-refractivity contribution in [1.82, 2.24) is 4.90 Å². The van der Waals surface area contributed by atoms with E-state index in [4.69, 9.17) is 9.47 Å². The number of non-ortho nitro benzene ring substituents is 1. The maximum Gasteiger partial charge on any atom is 0.343 e. The number of benzene rings is 3. The molecular formula is C26H19IN2O7S. The molecule has 188 valence electrons. The molecule has 0 N–H and O–H groups in total. The van der Waals surface area contributed by atoms with Gasteiger partial charge >= 0.3 is 5.97 Å². The predicted molar refractivity (Wildman–Crippen MR) is 146 cm³/mol. The van der Waals surface area contributed by atoms with Crippen LogP contribution in [0, 0.1) is 13.7 Å². The average molecular weight is 630 g/mol. The van der Waals surface area contributed by atoms with Crippen LogP contribution in [0.25, 0.3) is 6.08 Å². The molecule has 0 saturated carbocycles. The summed E-state index contributed by atoms with van der Waals surface area (Å²) in [4.78, 5) is 49.9. The quantitative estimate of drug-likeness (QED) is 0.0738. The first-order valence-electron chi connectivity index (χ1n) is 11.0. The van der Waals surface area contributed by atoms with E-state index in [2.05, 4.69) is 22.6 Å². The third-order valence-corrected chi connectivity index (χ3v) is 6.81. The zero-order valence-electron chi connectivity index (χ0n) is 19.4. The van der Waals surface area contributed by atoms with Crippen molar-refractivity contribution in [3.8, 4) is 11.5 Å². The van der Waals surface area contributed by atoms with Crippen LogP contribution in [0.4, 0.5) is 10.5 Å². The lowest BCUT2D eigenvalue weighted by molar-refractivity contribution is -0.384. The van der Waals surface area contributed by atoms with Gasteiger partial charge in [0.25, 0.3) is 16.8 Å². The van der Waals surface area contributed by atoms with Crippen molar-refractivity contribution < 1.29 is 28.8 Å². The van der Waals surface area contributed by atoms with Crippen LogP contribution in [0.1, 0.15) is 28.4 Å². The summed E-state index contributed by atoms with van der Waals surface area (Å²) in [5.41, 5.74) is 1.20. The maximum absolute atomic E-state index is 12.9. The zero-order valence-corrected chi connectivity index (χ0v) is 22.4. The first-order valence-corrected chi connectivity index (χ1v) is 12.9. The molecule has 0 atom stereocenters. The highest BCUT2D eigenvalue weighted by Gasteiger charge is 2.35. The normalized spacial score (nSPS) is 14.2. The molecule has 3 aromatic carbocycles. The Balaban J connectivity index is 1.53. The Morgan fingerprint density at radius 2 is 1.84 bits per heavy atom. The van der Waals surface area contributed by atoms with Gasteiger partial charge in [0.15, 0.2) is 11.5 Å². The molecule has 0 radical (unpaired) electrons. The highest BCUT2D eigenvalue weighted by Crippen LogP contribution is 2.35. The van der Waals surface area contributed by atoms with Crippen LogP contribution in [0.15, 0.2) is 71.6 Å². The number of imide groups is 1. The Hall–Kier alpha value is -3.71. The van der Waals surface area contributed by atoms with Gasteiger partial charge < -0.3 is 9.47 Å². The molecule has 2 amide bonds. The molecule has 0 spiro atoms. The third-order valence-electron chi connectivity index (χ3n) is 5.19. The van der Waals surface area contributed by atoms with E-state index in [1.165, 1.54) is 29.2 Å². The Morgan fingerprint density at radius 3 is 2.54 bits per heavy atom. The van der Waals surface area contributed by atoms with E-state index >= 15 is 0 Å². The molecule has 1 saturated heterocycles. The van der Waals surface area contributed by atoms with Crippen molar-refractivity contribution in [1.29, 1.82) is 0 Å². The number of hydrogen-bond acceptors (Lipinski definition) is 8. The van der Waals surface area contributed by atoms with Gasteiger partial charge in [-0.3, -0.25) is 24.6 Å². The second-order valence-corrected chi connectivity index (χ2v) is 9.97. The Labute approximate surface area is 229 Å². The fourth-order valence-electron chi connectivity index (χ4n) is 3.43. The summed E-state index contributed by atoms with van der Waals surface area (Å²) in [7, 11) is 0. The number of amides is 2. The molecule has 0 bridgehead atoms. The van der Waals surface area contributed by atoms with E-state index in [9.17, 15) is 24.5 Å². The molecule has 37 heavy (non-hydrogen) atoms. The Kier molecular flexibility index (Phi) is 8.24. The number of carbonyl (C=O) groups is 3. The summed E-state index contributed by atoms with van der Waals surface area (Å²) in [6.07, 6.45) is 1.58. The minimum Gasteiger partial charge on any atom is -0.490 e. The number of nitro groups is 1. The van der Waals surface area contributed by atoms with Gasteiger partial charge in [0.2, 0.25) is 0 Å². The van der Waals surface area contributed by atoms with Crippen LogP contribution >= 0.6 is 34.4 Å². The second kappa shape index (κ2) is 11.6. The number of rotatable bonds is 8. The zero-order chi connectivity index (χ0) is 26.5. The number of nitrogens with zero attached hydrogens (tertiary/aromatic N) is 2. The molecule has 3 aromatic rings. The highest BCUT2D eigenvalue weighted by molar-refractivity contribution is 14.1. The maximum atomic E-state index is 12.9. The van der Waals surface area contributed by atoms with Gasteiger partial charge in [-0.1, -0.05) is 24.3 Å². The van der Waals surface area contributed by atoms with Gasteiger partial charge in [0.05, 0.1) is 28.5 Å². The molecule has 1 fully saturated rings. The summed E-state index contributed by atoms with van der Waals surface area (Å²) in [5, 5.41) is 10.6. The SMILES string of the molecule is CCOc1cc(/C=C2\SC(=O)N(Cc3ccc(I)cc3)C2=O)ccc1OC(=O)c1cccc([N+](=O)[O-])c1. The summed E-state index contributed by atoms with van der Waals surface area (Å²) in [6.45, 7) is 2.21. The van der Waals surface area contributed by atoms with Crippen molar-refractivity contribution in [2.24, 2.45) is 0 Å². The molecular weight excluding hydrogens is 611 g/mol. The van der Waals surface area contributed by atoms with Crippen LogP contribution in [-0.2, 0) is 11.3 Å². The summed E-state index contributed by atoms with van der Waals surface area (Å²) in [5.74, 6) is -0.822. The molecule has 11 heteroatoms. The summed E-state index contributed by atoms with van der Waals surface area (Å²) in [6, 6.07) is 17.5. The topological polar surface area (TPSA) is 116 Å². The number of ether oxygens (including phenoxy) is 2. The van der Waals surface area contributed by atoms with Crippen molar-refractivity contribution in [3.63, 3.8) is 0 Å². The van der Waals surface area contributed by atoms with E-state index in [-0.39, 0.29) is 46.0 Å². The first-order chi connectivity index (χ1) is 17.7. The molecule has 1 heterocycles. The average Bonchev–Trinajstić information content (AvgIpc) is 3.14. The van der Waals surface area contributed by atoms with E-state index < -0.39 is 16.8 Å². The van der Waals surface area contributed by atoms with Gasteiger partial charge in [0, 0.05) is 15.7 Å². The van der Waals surface area contributed by atoms with Gasteiger partial charge in [-0.15, -0.1) is 0 Å². The molecule has 9 nitrogen and oxygen atoms in total. The lowest BCUT2D eigenvalue weighted by atomic mass is 10.1. The molecule has 0 aromatic heterocycles. The van der Waals surface area contributed by atoms with E-state index in [0.29, 0.717) is 5.56 Å². The lowest BCUT2D eigenvalue weighted by Crippen LogP contribution is -2.27. The smallest absolute Gasteiger partial charge is 0.343 e. The fourth-order valence-corrected chi connectivity index (χ4v) is 4.63. The standard InChI is InChI=1S/C26H19IN2O7S/c1-2-35-22-12-17(8-11-21(22)36-25(31)18-4-3-5-20(14-18)29(33)34)13-23-24(30)28(26(32)37-23)15-16-6-9-19(27)10-7-16/h3-14H,2,15H2,1H3/b23-13-. The Bertz CT molecular complexity index is 1420. The van der Waals surface area contributed by atoms with Gasteiger partial charge in [0.1, 0.15) is 0 Å². The molecule has 0 aliphatic carbocycles. The summed E-state index contributed by atoms with van der Waals surface area (Å²) < 4.78 is 12.1. The van der Waals surface area contributed by atoms with Crippen molar-refractivity contribution in [2.45, 2.75) is 13.5 Å². The van der Waals surface area contributed by atoms with Crippen LogP contribution in [0.3, 0.4) is 0 Å². The van der Waals surface area contributed by atoms with Crippen LogP contribution < -0.4 is 9.47 Å². The van der Waals surface area contributed by atoms with Crippen LogP contribution in [-0.4, -0.2) is 33.5 Å². The van der Waals surface area contributed by atoms with Gasteiger partial charge in [-0.05, 0) is 88.8 Å². The lowest BCUT2D eigenvalue weighted by Gasteiger charge is -2.12. The van der Waals surface area contributed by atoms with Crippen molar-refractivity contribution in [2.75, 3.05) is 6.61 Å². The number of thioether (sulfide) groups is 1. The molecule has 1 aliphatic heterocycles. The van der Waals surface area contributed by atoms with Gasteiger partial charge in [-0.2, -0.15) is 0 Å². The largest absolute Gasteiger partial charge is 0.490 e. The fraction of sp³-hybridized carbons (Fsp3) is 0.115. The Morgan fingerprint density at radius 1 is 1.08 bits per heavy atom. The molecule has 0 unspecified atom stereocenters. The van der Waals surface area contributed by atoms with Crippen LogP contribution in [0.2, 0.25) is 0 Å². The molecule has 4 rings (SSSR count). The number of esters is 1. The van der Waals surface area contributed by atoms with E-state index in [1.54, 1.807) is 25.1 Å². The monoisotopic (exact) mass is 630 g/mol. The van der Waals surface area contributed by atoms with Crippen molar-refractivity contribution in [3.05, 3.63) is 102 Å². The van der Waals surface area contributed by atoms with E-state index in [0.717, 1.165) is 27.0 Å². The predicted octanol–water partition coefficient (Wildman–Crippen LogP) is 6.05. The minimum atomic E-state index is -0.783. The highest BCUT2D eigenvalue weighted by atomic mass is 127. The first kappa shape index (κ1) is 26.4. The van der Waals surface area contributed by atoms with Crippen molar-refractivity contribution >= 4 is 63.2 Å². The third kappa shape index (κ3) is 6.35. The molecule has 1 aliphatic rings.